The van der Waals surface area contributed by atoms with Gasteiger partial charge in [0.05, 0.1) is 22.7 Å². The lowest BCUT2D eigenvalue weighted by Crippen LogP contribution is -2.41. The number of nitrogens with zero attached hydrogens (tertiary/aromatic N) is 1. The van der Waals surface area contributed by atoms with E-state index < -0.39 is 0 Å². The highest BCUT2D eigenvalue weighted by molar-refractivity contribution is 6.55. The first-order valence-corrected chi connectivity index (χ1v) is 8.50. The molecule has 0 radical (unpaired) electrons. The fraction of sp³-hybridized carbons (Fsp3) is 0.611. The summed E-state index contributed by atoms with van der Waals surface area (Å²) in [5, 5.41) is 4.38. The van der Waals surface area contributed by atoms with Gasteiger partial charge in [0.25, 0.3) is 0 Å². The molecular formula is C18H26BNO3. The summed E-state index contributed by atoms with van der Waals surface area (Å²) < 4.78 is 12.6. The molecule has 1 aromatic carbocycles. The fourth-order valence-electron chi connectivity index (χ4n) is 3.14. The second kappa shape index (κ2) is 5.95. The molecule has 124 valence electrons. The van der Waals surface area contributed by atoms with E-state index in [1.807, 2.05) is 18.2 Å². The Bertz CT molecular complexity index is 569. The molecule has 0 aliphatic carbocycles. The van der Waals surface area contributed by atoms with E-state index in [0.717, 1.165) is 24.1 Å². The topological polar surface area (TPSA) is 40.0 Å². The van der Waals surface area contributed by atoms with Crippen LogP contribution in [0.15, 0.2) is 35.5 Å². The summed E-state index contributed by atoms with van der Waals surface area (Å²) in [7, 11) is -0.335. The molecule has 4 nitrogen and oxygen atoms in total. The Hall–Kier alpha value is -1.33. The van der Waals surface area contributed by atoms with Gasteiger partial charge in [0.2, 0.25) is 0 Å². The standard InChI is InChI=1S/C18H26BNO3/c1-6-10-14-15(19-22-17(2,3)18(4,5)23-19)16(20-21-14)13-11-8-7-9-12-13/h7-9,11-12,14-15H,6,10H2,1-5H3/t14-,15-/m0/s1. The highest BCUT2D eigenvalue weighted by Gasteiger charge is 2.58. The van der Waals surface area contributed by atoms with Crippen molar-refractivity contribution in [3.63, 3.8) is 0 Å². The Kier molecular flexibility index (Phi) is 4.28. The summed E-state index contributed by atoms with van der Waals surface area (Å²) in [4.78, 5) is 5.75. The van der Waals surface area contributed by atoms with Gasteiger partial charge in [-0.1, -0.05) is 48.8 Å². The Balaban J connectivity index is 1.91. The third kappa shape index (κ3) is 2.92. The van der Waals surface area contributed by atoms with Crippen LogP contribution in [0.2, 0.25) is 5.82 Å². The van der Waals surface area contributed by atoms with E-state index in [1.54, 1.807) is 0 Å². The minimum Gasteiger partial charge on any atom is -0.403 e. The maximum Gasteiger partial charge on any atom is 0.471 e. The summed E-state index contributed by atoms with van der Waals surface area (Å²) in [6.07, 6.45) is 1.98. The van der Waals surface area contributed by atoms with Crippen molar-refractivity contribution in [1.29, 1.82) is 0 Å². The van der Waals surface area contributed by atoms with Gasteiger partial charge in [0.1, 0.15) is 6.10 Å². The van der Waals surface area contributed by atoms with E-state index in [0.29, 0.717) is 0 Å². The molecule has 1 aromatic rings. The molecule has 2 atom stereocenters. The summed E-state index contributed by atoms with van der Waals surface area (Å²) in [6.45, 7) is 10.5. The maximum atomic E-state index is 6.29. The van der Waals surface area contributed by atoms with Crippen molar-refractivity contribution in [2.75, 3.05) is 0 Å². The number of benzene rings is 1. The number of hydrogen-bond acceptors (Lipinski definition) is 4. The zero-order valence-corrected chi connectivity index (χ0v) is 14.7. The van der Waals surface area contributed by atoms with Crippen LogP contribution in [0.1, 0.15) is 53.0 Å². The van der Waals surface area contributed by atoms with E-state index in [1.165, 1.54) is 0 Å². The lowest BCUT2D eigenvalue weighted by atomic mass is 9.64. The first-order valence-electron chi connectivity index (χ1n) is 8.50. The zero-order valence-electron chi connectivity index (χ0n) is 14.7. The van der Waals surface area contributed by atoms with E-state index in [2.05, 4.69) is 51.9 Å². The third-order valence-electron chi connectivity index (χ3n) is 5.21. The third-order valence-corrected chi connectivity index (χ3v) is 5.21. The smallest absolute Gasteiger partial charge is 0.403 e. The van der Waals surface area contributed by atoms with Gasteiger partial charge in [-0.05, 0) is 39.7 Å². The normalized spacial score (nSPS) is 28.6. The van der Waals surface area contributed by atoms with Gasteiger partial charge in [-0.25, -0.2) is 0 Å². The van der Waals surface area contributed by atoms with Gasteiger partial charge in [-0.15, -0.1) is 0 Å². The molecule has 1 fully saturated rings. The minimum atomic E-state index is -0.348. The van der Waals surface area contributed by atoms with Gasteiger partial charge in [0.15, 0.2) is 0 Å². The van der Waals surface area contributed by atoms with Crippen molar-refractivity contribution in [2.24, 2.45) is 5.16 Å². The molecule has 3 rings (SSSR count). The predicted molar refractivity (Wildman–Crippen MR) is 92.6 cm³/mol. The first kappa shape index (κ1) is 16.5. The average molecular weight is 315 g/mol. The highest BCUT2D eigenvalue weighted by atomic mass is 16.7. The molecule has 2 aliphatic rings. The molecule has 0 saturated carbocycles. The summed E-state index contributed by atoms with van der Waals surface area (Å²) in [5.41, 5.74) is 1.31. The van der Waals surface area contributed by atoms with Crippen LogP contribution in [-0.4, -0.2) is 30.1 Å². The second-order valence-corrected chi connectivity index (χ2v) is 7.43. The molecule has 0 aromatic heterocycles. The summed E-state index contributed by atoms with van der Waals surface area (Å²) in [6, 6.07) is 10.2. The molecule has 0 spiro atoms. The quantitative estimate of drug-likeness (QED) is 0.787. The van der Waals surface area contributed by atoms with Crippen LogP contribution in [0.25, 0.3) is 0 Å². The lowest BCUT2D eigenvalue weighted by molar-refractivity contribution is 0.00578. The molecule has 2 heterocycles. The minimum absolute atomic E-state index is 0.00148. The predicted octanol–water partition coefficient (Wildman–Crippen LogP) is 4.05. The van der Waals surface area contributed by atoms with Crippen molar-refractivity contribution in [1.82, 2.24) is 0 Å². The monoisotopic (exact) mass is 315 g/mol. The number of hydrogen-bond donors (Lipinski definition) is 0. The van der Waals surface area contributed by atoms with E-state index in [4.69, 9.17) is 14.1 Å². The molecule has 1 saturated heterocycles. The van der Waals surface area contributed by atoms with Crippen LogP contribution in [-0.2, 0) is 14.1 Å². The molecule has 0 N–H and O–H groups in total. The van der Waals surface area contributed by atoms with Crippen LogP contribution in [0.3, 0.4) is 0 Å². The summed E-state index contributed by atoms with van der Waals surface area (Å²) in [5.74, 6) is -0.00148. The van der Waals surface area contributed by atoms with Crippen molar-refractivity contribution in [3.8, 4) is 0 Å². The van der Waals surface area contributed by atoms with Crippen molar-refractivity contribution >= 4 is 12.8 Å². The number of rotatable bonds is 4. The molecule has 23 heavy (non-hydrogen) atoms. The van der Waals surface area contributed by atoms with Crippen LogP contribution in [0, 0.1) is 0 Å². The lowest BCUT2D eigenvalue weighted by Gasteiger charge is -2.32. The van der Waals surface area contributed by atoms with Crippen molar-refractivity contribution in [2.45, 2.75) is 70.6 Å². The first-order chi connectivity index (χ1) is 10.9. The Labute approximate surface area is 139 Å². The van der Waals surface area contributed by atoms with E-state index >= 15 is 0 Å². The Morgan fingerprint density at radius 3 is 2.22 bits per heavy atom. The van der Waals surface area contributed by atoms with Gasteiger partial charge >= 0.3 is 7.12 Å². The molecule has 0 amide bonds. The second-order valence-electron chi connectivity index (χ2n) is 7.43. The molecule has 5 heteroatoms. The van der Waals surface area contributed by atoms with Crippen LogP contribution >= 0.6 is 0 Å². The molecule has 0 bridgehead atoms. The fourth-order valence-corrected chi connectivity index (χ4v) is 3.14. The Morgan fingerprint density at radius 2 is 1.65 bits per heavy atom. The largest absolute Gasteiger partial charge is 0.471 e. The molecule has 0 unspecified atom stereocenters. The maximum absolute atomic E-state index is 6.29. The van der Waals surface area contributed by atoms with Gasteiger partial charge < -0.3 is 14.1 Å². The zero-order chi connectivity index (χ0) is 16.7. The van der Waals surface area contributed by atoms with Crippen LogP contribution in [0.5, 0.6) is 0 Å². The van der Waals surface area contributed by atoms with E-state index in [-0.39, 0.29) is 30.2 Å². The van der Waals surface area contributed by atoms with Crippen LogP contribution in [0.4, 0.5) is 0 Å². The highest BCUT2D eigenvalue weighted by Crippen LogP contribution is 2.44. The Morgan fingerprint density at radius 1 is 1.04 bits per heavy atom. The molecular weight excluding hydrogens is 289 g/mol. The van der Waals surface area contributed by atoms with Gasteiger partial charge in [0, 0.05) is 0 Å². The van der Waals surface area contributed by atoms with Crippen molar-refractivity contribution < 1.29 is 14.1 Å². The SMILES string of the molecule is CCC[C@@H]1ON=C(c2ccccc2)[C@H]1B1OC(C)(C)C(C)(C)O1. The van der Waals surface area contributed by atoms with Crippen molar-refractivity contribution in [3.05, 3.63) is 35.9 Å². The van der Waals surface area contributed by atoms with Gasteiger partial charge in [-0.3, -0.25) is 0 Å². The average Bonchev–Trinajstić information content (AvgIpc) is 2.99. The number of oxime groups is 1. The van der Waals surface area contributed by atoms with Gasteiger partial charge in [-0.2, -0.15) is 0 Å². The van der Waals surface area contributed by atoms with E-state index in [9.17, 15) is 0 Å². The summed E-state index contributed by atoms with van der Waals surface area (Å²) >= 11 is 0. The van der Waals surface area contributed by atoms with Crippen LogP contribution < -0.4 is 0 Å². The molecule has 2 aliphatic heterocycles.